The van der Waals surface area contributed by atoms with E-state index in [4.69, 9.17) is 5.11 Å². The zero-order chi connectivity index (χ0) is 17.4. The summed E-state index contributed by atoms with van der Waals surface area (Å²) in [7, 11) is -1.66. The summed E-state index contributed by atoms with van der Waals surface area (Å²) in [6.07, 6.45) is 2.17. The molecule has 1 atom stereocenters. The van der Waals surface area contributed by atoms with Gasteiger partial charge in [-0.2, -0.15) is 0 Å². The molecule has 0 spiro atoms. The van der Waals surface area contributed by atoms with E-state index in [2.05, 4.69) is 0 Å². The zero-order valence-electron chi connectivity index (χ0n) is 13.4. The topological polar surface area (TPSA) is 91.8 Å². The van der Waals surface area contributed by atoms with Crippen LogP contribution in [-0.4, -0.2) is 54.4 Å². The molecule has 6 nitrogen and oxygen atoms in total. The molecule has 0 heterocycles. The predicted octanol–water partition coefficient (Wildman–Crippen LogP) is 1.35. The van der Waals surface area contributed by atoms with Crippen LogP contribution in [-0.2, 0) is 21.1 Å². The Kier molecular flexibility index (Phi) is 4.52. The van der Waals surface area contributed by atoms with Gasteiger partial charge in [-0.3, -0.25) is 9.59 Å². The summed E-state index contributed by atoms with van der Waals surface area (Å²) in [5.74, 6) is -1.27. The maximum absolute atomic E-state index is 12.6. The molecular weight excluding hydrogens is 318 g/mol. The van der Waals surface area contributed by atoms with Crippen LogP contribution < -0.4 is 0 Å². The van der Waals surface area contributed by atoms with Crippen molar-refractivity contribution in [2.24, 2.45) is 0 Å². The van der Waals surface area contributed by atoms with Gasteiger partial charge >= 0.3 is 5.97 Å². The number of carboxylic acids is 1. The number of nitrogens with zero attached hydrogens (tertiary/aromatic N) is 1. The Hall–Kier alpha value is -1.89. The Labute approximate surface area is 136 Å². The fraction of sp³-hybridized carbons (Fsp3) is 0.500. The minimum absolute atomic E-state index is 0.159. The summed E-state index contributed by atoms with van der Waals surface area (Å²) in [6.45, 7) is 1.74. The molecule has 0 bridgehead atoms. The molecular formula is C16H21NO5S. The minimum Gasteiger partial charge on any atom is -0.481 e. The molecule has 1 N–H and O–H groups in total. The van der Waals surface area contributed by atoms with Crippen molar-refractivity contribution in [2.75, 3.05) is 13.3 Å². The lowest BCUT2D eigenvalue weighted by Gasteiger charge is -2.31. The van der Waals surface area contributed by atoms with Gasteiger partial charge in [0.25, 0.3) is 5.91 Å². The molecule has 1 fully saturated rings. The highest BCUT2D eigenvalue weighted by atomic mass is 32.2. The lowest BCUT2D eigenvalue weighted by molar-refractivity contribution is -0.136. The van der Waals surface area contributed by atoms with Crippen LogP contribution in [0.5, 0.6) is 0 Å². The second kappa shape index (κ2) is 5.96. The van der Waals surface area contributed by atoms with Gasteiger partial charge in [-0.05, 0) is 37.5 Å². The van der Waals surface area contributed by atoms with E-state index in [9.17, 15) is 18.0 Å². The number of benzene rings is 1. The highest BCUT2D eigenvalue weighted by molar-refractivity contribution is 7.92. The molecule has 23 heavy (non-hydrogen) atoms. The van der Waals surface area contributed by atoms with Crippen LogP contribution in [0.25, 0.3) is 0 Å². The fourth-order valence-electron chi connectivity index (χ4n) is 2.94. The molecule has 0 radical (unpaired) electrons. The monoisotopic (exact) mass is 339 g/mol. The first-order chi connectivity index (χ1) is 10.6. The Morgan fingerprint density at radius 3 is 2.43 bits per heavy atom. The number of sulfone groups is 1. The van der Waals surface area contributed by atoms with Crippen molar-refractivity contribution >= 4 is 21.7 Å². The van der Waals surface area contributed by atoms with E-state index in [1.54, 1.807) is 38.2 Å². The molecule has 0 aliphatic heterocycles. The molecule has 1 amide bonds. The molecule has 1 aliphatic rings. The van der Waals surface area contributed by atoms with Crippen molar-refractivity contribution in [2.45, 2.75) is 37.0 Å². The van der Waals surface area contributed by atoms with Crippen molar-refractivity contribution in [3.63, 3.8) is 0 Å². The standard InChI is InChI=1S/C16H21NO5S/c1-11(16(7-8-16)23(3,21)22)17(2)15(20)13-6-4-5-12(9-13)10-14(18)19/h4-6,9,11H,7-8,10H2,1-3H3,(H,18,19). The summed E-state index contributed by atoms with van der Waals surface area (Å²) in [6, 6.07) is 5.99. The largest absolute Gasteiger partial charge is 0.481 e. The van der Waals surface area contributed by atoms with Gasteiger partial charge in [-0.15, -0.1) is 0 Å². The molecule has 1 aromatic carbocycles. The number of amides is 1. The molecule has 2 rings (SSSR count). The SMILES string of the molecule is CC(N(C)C(=O)c1cccc(CC(=O)O)c1)C1(S(C)(=O)=O)CC1. The van der Waals surface area contributed by atoms with Crippen LogP contribution >= 0.6 is 0 Å². The molecule has 126 valence electrons. The van der Waals surface area contributed by atoms with Crippen molar-refractivity contribution < 1.29 is 23.1 Å². The smallest absolute Gasteiger partial charge is 0.307 e. The lowest BCUT2D eigenvalue weighted by atomic mass is 10.1. The molecule has 1 saturated carbocycles. The maximum Gasteiger partial charge on any atom is 0.307 e. The third-order valence-corrected chi connectivity index (χ3v) is 6.90. The van der Waals surface area contributed by atoms with E-state index in [1.165, 1.54) is 11.2 Å². The van der Waals surface area contributed by atoms with Crippen LogP contribution in [0.1, 0.15) is 35.7 Å². The summed E-state index contributed by atoms with van der Waals surface area (Å²) in [5.41, 5.74) is 0.899. The molecule has 1 aromatic rings. The van der Waals surface area contributed by atoms with Crippen LogP contribution in [0.4, 0.5) is 0 Å². The predicted molar refractivity (Wildman–Crippen MR) is 86.1 cm³/mol. The number of hydrogen-bond acceptors (Lipinski definition) is 4. The number of hydrogen-bond donors (Lipinski definition) is 1. The van der Waals surface area contributed by atoms with E-state index in [-0.39, 0.29) is 12.3 Å². The van der Waals surface area contributed by atoms with E-state index in [1.807, 2.05) is 0 Å². The molecule has 0 aromatic heterocycles. The molecule has 7 heteroatoms. The van der Waals surface area contributed by atoms with Crippen molar-refractivity contribution in [1.82, 2.24) is 4.90 Å². The van der Waals surface area contributed by atoms with Gasteiger partial charge in [0.15, 0.2) is 9.84 Å². The third-order valence-electron chi connectivity index (χ3n) is 4.67. The van der Waals surface area contributed by atoms with Gasteiger partial charge in [-0.1, -0.05) is 12.1 Å². The number of aliphatic carboxylic acids is 1. The van der Waals surface area contributed by atoms with Crippen LogP contribution in [0.3, 0.4) is 0 Å². The Balaban J connectivity index is 2.22. The first-order valence-electron chi connectivity index (χ1n) is 7.36. The van der Waals surface area contributed by atoms with Gasteiger partial charge < -0.3 is 10.0 Å². The van der Waals surface area contributed by atoms with Gasteiger partial charge in [0, 0.05) is 24.9 Å². The summed E-state index contributed by atoms with van der Waals surface area (Å²) < 4.78 is 23.1. The summed E-state index contributed by atoms with van der Waals surface area (Å²) in [5, 5.41) is 8.84. The molecule has 0 saturated heterocycles. The number of rotatable bonds is 6. The van der Waals surface area contributed by atoms with Gasteiger partial charge in [0.2, 0.25) is 0 Å². The second-order valence-electron chi connectivity index (χ2n) is 6.20. The Bertz CT molecular complexity index is 737. The molecule has 1 unspecified atom stereocenters. The van der Waals surface area contributed by atoms with Crippen molar-refractivity contribution in [3.05, 3.63) is 35.4 Å². The number of carbonyl (C=O) groups excluding carboxylic acids is 1. The van der Waals surface area contributed by atoms with Gasteiger partial charge in [-0.25, -0.2) is 8.42 Å². The summed E-state index contributed by atoms with van der Waals surface area (Å²) >= 11 is 0. The Morgan fingerprint density at radius 1 is 1.35 bits per heavy atom. The van der Waals surface area contributed by atoms with E-state index in [0.717, 1.165) is 0 Å². The van der Waals surface area contributed by atoms with E-state index >= 15 is 0 Å². The average Bonchev–Trinajstić information content (AvgIpc) is 3.25. The highest BCUT2D eigenvalue weighted by Crippen LogP contribution is 2.47. The Morgan fingerprint density at radius 2 is 1.96 bits per heavy atom. The normalized spacial score (nSPS) is 17.3. The van der Waals surface area contributed by atoms with E-state index in [0.29, 0.717) is 24.0 Å². The zero-order valence-corrected chi connectivity index (χ0v) is 14.3. The highest BCUT2D eigenvalue weighted by Gasteiger charge is 2.57. The fourth-order valence-corrected chi connectivity index (χ4v) is 4.56. The number of carbonyl (C=O) groups is 2. The summed E-state index contributed by atoms with van der Waals surface area (Å²) in [4.78, 5) is 24.8. The first-order valence-corrected chi connectivity index (χ1v) is 9.25. The van der Waals surface area contributed by atoms with E-state index < -0.39 is 26.6 Å². The van der Waals surface area contributed by atoms with Crippen LogP contribution in [0.15, 0.2) is 24.3 Å². The van der Waals surface area contributed by atoms with Crippen LogP contribution in [0.2, 0.25) is 0 Å². The van der Waals surface area contributed by atoms with Crippen LogP contribution in [0, 0.1) is 0 Å². The minimum atomic E-state index is -3.25. The van der Waals surface area contributed by atoms with Gasteiger partial charge in [0.1, 0.15) is 0 Å². The number of carboxylic acid groups (broad SMARTS) is 1. The quantitative estimate of drug-likeness (QED) is 0.845. The van der Waals surface area contributed by atoms with Crippen molar-refractivity contribution in [1.29, 1.82) is 0 Å². The second-order valence-corrected chi connectivity index (χ2v) is 8.56. The molecule has 1 aliphatic carbocycles. The maximum atomic E-state index is 12.6. The lowest BCUT2D eigenvalue weighted by Crippen LogP contribution is -2.47. The first kappa shape index (κ1) is 17.5. The average molecular weight is 339 g/mol. The van der Waals surface area contributed by atoms with Crippen molar-refractivity contribution in [3.8, 4) is 0 Å². The van der Waals surface area contributed by atoms with Gasteiger partial charge in [0.05, 0.1) is 11.2 Å². The third kappa shape index (κ3) is 3.39.